The van der Waals surface area contributed by atoms with Crippen LogP contribution < -0.4 is 5.32 Å². The minimum absolute atomic E-state index is 0.297. The number of H-pyrrole nitrogens is 1. The molecule has 0 aliphatic heterocycles. The number of thiophene rings is 1. The van der Waals surface area contributed by atoms with Crippen molar-refractivity contribution in [1.29, 1.82) is 0 Å². The number of aromatic amines is 1. The van der Waals surface area contributed by atoms with Crippen LogP contribution in [-0.2, 0) is 4.74 Å². The number of esters is 1. The number of carbonyl (C=O) groups is 2. The lowest BCUT2D eigenvalue weighted by atomic mass is 10.3. The summed E-state index contributed by atoms with van der Waals surface area (Å²) < 4.78 is 4.58. The number of ether oxygens (including phenoxy) is 1. The summed E-state index contributed by atoms with van der Waals surface area (Å²) in [5.74, 6) is -0.0559. The topological polar surface area (TPSA) is 84.1 Å². The molecule has 2 heterocycles. The number of nitrogens with zero attached hydrogens (tertiary/aromatic N) is 1. The van der Waals surface area contributed by atoms with Crippen molar-refractivity contribution < 1.29 is 14.3 Å². The number of rotatable bonds is 3. The molecule has 0 bridgehead atoms. The Kier molecular flexibility index (Phi) is 3.42. The summed E-state index contributed by atoms with van der Waals surface area (Å²) >= 11 is 1.26. The number of aromatic nitrogens is 2. The highest BCUT2D eigenvalue weighted by Crippen LogP contribution is 2.21. The van der Waals surface area contributed by atoms with Crippen molar-refractivity contribution >= 4 is 28.2 Å². The lowest BCUT2D eigenvalue weighted by Gasteiger charge is -1.98. The second-order valence-corrected chi connectivity index (χ2v) is 4.44. The molecule has 2 aromatic heterocycles. The number of nitrogens with one attached hydrogen (secondary N) is 2. The number of methoxy groups -OCH3 is 1. The molecule has 0 spiro atoms. The molecule has 2 N–H and O–H groups in total. The van der Waals surface area contributed by atoms with Gasteiger partial charge in [-0.3, -0.25) is 4.79 Å². The first-order valence-electron chi connectivity index (χ1n) is 5.10. The van der Waals surface area contributed by atoms with Gasteiger partial charge in [0.15, 0.2) is 0 Å². The Balaban J connectivity index is 2.08. The van der Waals surface area contributed by atoms with Crippen molar-refractivity contribution in [1.82, 2.24) is 9.97 Å². The highest BCUT2D eigenvalue weighted by molar-refractivity contribution is 7.14. The average molecular weight is 265 g/mol. The van der Waals surface area contributed by atoms with Crippen LogP contribution in [0.4, 0.5) is 5.00 Å². The first-order chi connectivity index (χ1) is 8.60. The second-order valence-electron chi connectivity index (χ2n) is 3.53. The minimum Gasteiger partial charge on any atom is -0.465 e. The molecule has 0 aromatic carbocycles. The molecule has 0 aliphatic rings. The fourth-order valence-electron chi connectivity index (χ4n) is 1.34. The number of anilines is 1. The van der Waals surface area contributed by atoms with Gasteiger partial charge in [0, 0.05) is 5.38 Å². The molecule has 0 saturated heterocycles. The molecule has 0 fully saturated rings. The minimum atomic E-state index is -0.427. The maximum absolute atomic E-state index is 11.8. The first kappa shape index (κ1) is 12.3. The molecular formula is C11H11N3O3S. The molecule has 0 saturated carbocycles. The molecule has 2 aromatic rings. The fourth-order valence-corrected chi connectivity index (χ4v) is 2.11. The third-order valence-electron chi connectivity index (χ3n) is 2.20. The van der Waals surface area contributed by atoms with Gasteiger partial charge in [0.05, 0.1) is 23.9 Å². The molecule has 18 heavy (non-hydrogen) atoms. The number of amides is 1. The Bertz CT molecular complexity index is 588. The molecular weight excluding hydrogens is 254 g/mol. The summed E-state index contributed by atoms with van der Waals surface area (Å²) in [6, 6.07) is 1.57. The zero-order chi connectivity index (χ0) is 13.1. The average Bonchev–Trinajstić information content (AvgIpc) is 2.97. The zero-order valence-corrected chi connectivity index (χ0v) is 10.6. The molecule has 94 valence electrons. The summed E-state index contributed by atoms with van der Waals surface area (Å²) in [6.07, 6.45) is 1.46. The van der Waals surface area contributed by atoms with E-state index in [1.165, 1.54) is 24.6 Å². The van der Waals surface area contributed by atoms with Gasteiger partial charge in [-0.15, -0.1) is 11.3 Å². The van der Waals surface area contributed by atoms with Crippen LogP contribution in [0.1, 0.15) is 26.7 Å². The van der Waals surface area contributed by atoms with E-state index in [-0.39, 0.29) is 5.91 Å². The Morgan fingerprint density at radius 2 is 2.28 bits per heavy atom. The largest absolute Gasteiger partial charge is 0.465 e. The van der Waals surface area contributed by atoms with Crippen LogP contribution in [0.15, 0.2) is 17.6 Å². The molecule has 7 heteroatoms. The SMILES string of the molecule is COC(=O)c1csc(NC(=O)c2cnc(C)[nH]2)c1. The normalized spacial score (nSPS) is 10.1. The molecule has 2 rings (SSSR count). The van der Waals surface area contributed by atoms with E-state index in [0.717, 1.165) is 0 Å². The first-order valence-corrected chi connectivity index (χ1v) is 5.98. The number of hydrogen-bond donors (Lipinski definition) is 2. The van der Waals surface area contributed by atoms with E-state index in [2.05, 4.69) is 20.0 Å². The molecule has 6 nitrogen and oxygen atoms in total. The van der Waals surface area contributed by atoms with Crippen molar-refractivity contribution in [2.45, 2.75) is 6.92 Å². The standard InChI is InChI=1S/C11H11N3O3S/c1-6-12-4-8(13-6)10(15)14-9-3-7(5-18-9)11(16)17-2/h3-5H,1-2H3,(H,12,13)(H,14,15). The van der Waals surface area contributed by atoms with Gasteiger partial charge in [-0.2, -0.15) is 0 Å². The molecule has 1 amide bonds. The smallest absolute Gasteiger partial charge is 0.338 e. The quantitative estimate of drug-likeness (QED) is 0.829. The van der Waals surface area contributed by atoms with Crippen LogP contribution in [0.2, 0.25) is 0 Å². The predicted molar refractivity (Wildman–Crippen MR) is 66.9 cm³/mol. The number of carbonyl (C=O) groups excluding carboxylic acids is 2. The highest BCUT2D eigenvalue weighted by atomic mass is 32.1. The fraction of sp³-hybridized carbons (Fsp3) is 0.182. The van der Waals surface area contributed by atoms with E-state index in [9.17, 15) is 9.59 Å². The number of aryl methyl sites for hydroxylation is 1. The molecule has 0 atom stereocenters. The monoisotopic (exact) mass is 265 g/mol. The number of imidazole rings is 1. The molecule has 0 unspecified atom stereocenters. The van der Waals surface area contributed by atoms with Crippen LogP contribution in [0, 0.1) is 6.92 Å². The van der Waals surface area contributed by atoms with Gasteiger partial charge in [0.1, 0.15) is 11.5 Å². The van der Waals surface area contributed by atoms with Crippen LogP contribution in [-0.4, -0.2) is 29.0 Å². The van der Waals surface area contributed by atoms with Crippen LogP contribution in [0.5, 0.6) is 0 Å². The van der Waals surface area contributed by atoms with E-state index in [1.807, 2.05) is 0 Å². The van der Waals surface area contributed by atoms with E-state index in [4.69, 9.17) is 0 Å². The van der Waals surface area contributed by atoms with Crippen molar-refractivity contribution in [2.24, 2.45) is 0 Å². The van der Waals surface area contributed by atoms with Crippen LogP contribution in [0.25, 0.3) is 0 Å². The van der Waals surface area contributed by atoms with Crippen LogP contribution >= 0.6 is 11.3 Å². The lowest BCUT2D eigenvalue weighted by molar-refractivity contribution is 0.0601. The third kappa shape index (κ3) is 2.57. The second kappa shape index (κ2) is 5.01. The molecule has 0 aliphatic carbocycles. The van der Waals surface area contributed by atoms with Gasteiger partial charge < -0.3 is 15.0 Å². The highest BCUT2D eigenvalue weighted by Gasteiger charge is 2.12. The van der Waals surface area contributed by atoms with Gasteiger partial charge in [0.25, 0.3) is 5.91 Å². The van der Waals surface area contributed by atoms with Gasteiger partial charge in [-0.1, -0.05) is 0 Å². The summed E-state index contributed by atoms with van der Waals surface area (Å²) in [7, 11) is 1.31. The summed E-state index contributed by atoms with van der Waals surface area (Å²) in [4.78, 5) is 29.8. The Hall–Kier alpha value is -2.15. The summed E-state index contributed by atoms with van der Waals surface area (Å²) in [5, 5.41) is 4.87. The van der Waals surface area contributed by atoms with Crippen molar-refractivity contribution in [2.75, 3.05) is 12.4 Å². The Labute approximate surface area is 107 Å². The Morgan fingerprint density at radius 3 is 2.89 bits per heavy atom. The maximum Gasteiger partial charge on any atom is 0.338 e. The van der Waals surface area contributed by atoms with Gasteiger partial charge in [0.2, 0.25) is 0 Å². The van der Waals surface area contributed by atoms with Crippen molar-refractivity contribution in [3.8, 4) is 0 Å². The van der Waals surface area contributed by atoms with Crippen molar-refractivity contribution in [3.05, 3.63) is 34.7 Å². The van der Waals surface area contributed by atoms with Gasteiger partial charge in [-0.05, 0) is 13.0 Å². The van der Waals surface area contributed by atoms with Gasteiger partial charge >= 0.3 is 5.97 Å². The number of hydrogen-bond acceptors (Lipinski definition) is 5. The summed E-state index contributed by atoms with van der Waals surface area (Å²) in [6.45, 7) is 1.76. The Morgan fingerprint density at radius 1 is 1.50 bits per heavy atom. The van der Waals surface area contributed by atoms with Crippen molar-refractivity contribution in [3.63, 3.8) is 0 Å². The third-order valence-corrected chi connectivity index (χ3v) is 3.05. The summed E-state index contributed by atoms with van der Waals surface area (Å²) in [5.41, 5.74) is 0.791. The van der Waals surface area contributed by atoms with E-state index in [0.29, 0.717) is 22.1 Å². The van der Waals surface area contributed by atoms with Crippen LogP contribution in [0.3, 0.4) is 0 Å². The maximum atomic E-state index is 11.8. The lowest BCUT2D eigenvalue weighted by Crippen LogP contribution is -2.11. The zero-order valence-electron chi connectivity index (χ0n) is 9.81. The van der Waals surface area contributed by atoms with E-state index >= 15 is 0 Å². The van der Waals surface area contributed by atoms with E-state index in [1.54, 1.807) is 18.4 Å². The van der Waals surface area contributed by atoms with Gasteiger partial charge in [-0.25, -0.2) is 9.78 Å². The van der Waals surface area contributed by atoms with E-state index < -0.39 is 5.97 Å². The predicted octanol–water partition coefficient (Wildman–Crippen LogP) is 1.82. The molecule has 0 radical (unpaired) electrons.